The number of halogens is 3. The van der Waals surface area contributed by atoms with Gasteiger partial charge in [-0.25, -0.2) is 0 Å². The van der Waals surface area contributed by atoms with Crippen molar-refractivity contribution in [1.29, 1.82) is 5.41 Å². The minimum absolute atomic E-state index is 0.150. The van der Waals surface area contributed by atoms with Crippen LogP contribution in [0.1, 0.15) is 53.7 Å². The fourth-order valence-corrected chi connectivity index (χ4v) is 3.54. The molecule has 0 bridgehead atoms. The van der Waals surface area contributed by atoms with E-state index in [2.05, 4.69) is 10.6 Å². The summed E-state index contributed by atoms with van der Waals surface area (Å²) in [4.78, 5) is 23.3. The fraction of sp³-hybridized carbons (Fsp3) is 0.375. The van der Waals surface area contributed by atoms with Gasteiger partial charge in [0.05, 0.1) is 17.6 Å². The minimum atomic E-state index is -4.70. The lowest BCUT2D eigenvalue weighted by Crippen LogP contribution is -2.43. The van der Waals surface area contributed by atoms with E-state index in [1.165, 1.54) is 6.07 Å². The van der Waals surface area contributed by atoms with Crippen LogP contribution in [0.2, 0.25) is 0 Å². The summed E-state index contributed by atoms with van der Waals surface area (Å²) in [6.07, 6.45) is -4.00. The number of carbonyl (C=O) groups is 2. The van der Waals surface area contributed by atoms with Crippen molar-refractivity contribution in [3.05, 3.63) is 64.7 Å². The average Bonchev–Trinajstić information content (AvgIpc) is 2.71. The Morgan fingerprint density at radius 2 is 1.74 bits per heavy atom. The summed E-state index contributed by atoms with van der Waals surface area (Å²) in [5.41, 5.74) is 0.00670. The third-order valence-corrected chi connectivity index (χ3v) is 5.47. The molecule has 0 aromatic heterocycles. The van der Waals surface area contributed by atoms with Crippen molar-refractivity contribution < 1.29 is 32.6 Å². The summed E-state index contributed by atoms with van der Waals surface area (Å²) >= 11 is 0. The molecular weight excluding hydrogens is 451 g/mol. The Hall–Kier alpha value is -3.40. The lowest BCUT2D eigenvalue weighted by molar-refractivity contribution is -0.145. The van der Waals surface area contributed by atoms with Crippen LogP contribution in [-0.2, 0) is 17.5 Å². The molecule has 0 saturated heterocycles. The van der Waals surface area contributed by atoms with Gasteiger partial charge < -0.3 is 20.5 Å². The maximum absolute atomic E-state index is 13.4. The number of rotatable bonds is 8. The second-order valence-electron chi connectivity index (χ2n) is 8.49. The van der Waals surface area contributed by atoms with E-state index >= 15 is 0 Å². The SMILES string of the molecule is CC(C)Oc1ccc(C(=O)NC(=N)c2ccc(CNC3CC(C(=O)O)C3)cc2)cc1C(F)(F)F. The molecule has 1 saturated carbocycles. The van der Waals surface area contributed by atoms with Gasteiger partial charge in [-0.1, -0.05) is 24.3 Å². The molecule has 0 radical (unpaired) electrons. The zero-order valence-electron chi connectivity index (χ0n) is 18.7. The Morgan fingerprint density at radius 3 is 2.29 bits per heavy atom. The number of carboxylic acids is 1. The summed E-state index contributed by atoms with van der Waals surface area (Å²) in [7, 11) is 0. The molecule has 1 fully saturated rings. The van der Waals surface area contributed by atoms with E-state index in [9.17, 15) is 22.8 Å². The molecule has 10 heteroatoms. The van der Waals surface area contributed by atoms with Gasteiger partial charge in [0.2, 0.25) is 0 Å². The molecule has 2 aromatic rings. The van der Waals surface area contributed by atoms with E-state index in [4.69, 9.17) is 15.3 Å². The van der Waals surface area contributed by atoms with Crippen molar-refractivity contribution in [3.8, 4) is 5.75 Å². The predicted octanol–water partition coefficient (Wildman–Crippen LogP) is 4.20. The van der Waals surface area contributed by atoms with Gasteiger partial charge in [0.25, 0.3) is 5.91 Å². The van der Waals surface area contributed by atoms with Gasteiger partial charge in [0.1, 0.15) is 11.6 Å². The normalized spacial score (nSPS) is 17.7. The van der Waals surface area contributed by atoms with Crippen molar-refractivity contribution in [3.63, 3.8) is 0 Å². The van der Waals surface area contributed by atoms with E-state index in [1.807, 2.05) is 0 Å². The van der Waals surface area contributed by atoms with Crippen LogP contribution in [0.15, 0.2) is 42.5 Å². The van der Waals surface area contributed by atoms with Gasteiger partial charge in [-0.05, 0) is 50.5 Å². The largest absolute Gasteiger partial charge is 0.490 e. The number of ether oxygens (including phenoxy) is 1. The molecule has 0 unspecified atom stereocenters. The average molecular weight is 477 g/mol. The molecule has 2 aromatic carbocycles. The van der Waals surface area contributed by atoms with E-state index in [0.717, 1.165) is 11.6 Å². The van der Waals surface area contributed by atoms with Crippen LogP contribution >= 0.6 is 0 Å². The highest BCUT2D eigenvalue weighted by molar-refractivity contribution is 6.11. The van der Waals surface area contributed by atoms with Crippen LogP contribution in [0, 0.1) is 11.3 Å². The Labute approximate surface area is 194 Å². The van der Waals surface area contributed by atoms with Gasteiger partial charge >= 0.3 is 12.1 Å². The number of benzene rings is 2. The first-order valence-corrected chi connectivity index (χ1v) is 10.8. The number of alkyl halides is 3. The number of nitrogens with one attached hydrogen (secondary N) is 3. The van der Waals surface area contributed by atoms with Crippen LogP contribution in [-0.4, -0.2) is 35.0 Å². The second kappa shape index (κ2) is 10.3. The first kappa shape index (κ1) is 25.2. The molecule has 0 spiro atoms. The van der Waals surface area contributed by atoms with Crippen LogP contribution in [0.4, 0.5) is 13.2 Å². The van der Waals surface area contributed by atoms with E-state index in [0.29, 0.717) is 31.0 Å². The first-order chi connectivity index (χ1) is 15.9. The second-order valence-corrected chi connectivity index (χ2v) is 8.49. The van der Waals surface area contributed by atoms with E-state index < -0.39 is 29.7 Å². The zero-order valence-corrected chi connectivity index (χ0v) is 18.7. The highest BCUT2D eigenvalue weighted by atomic mass is 19.4. The van der Waals surface area contributed by atoms with Crippen molar-refractivity contribution in [1.82, 2.24) is 10.6 Å². The molecule has 3 rings (SSSR count). The first-order valence-electron chi connectivity index (χ1n) is 10.8. The van der Waals surface area contributed by atoms with Gasteiger partial charge in [0, 0.05) is 23.7 Å². The Balaban J connectivity index is 1.60. The Morgan fingerprint density at radius 1 is 1.12 bits per heavy atom. The molecule has 0 heterocycles. The number of carbonyl (C=O) groups excluding carboxylic acids is 1. The minimum Gasteiger partial charge on any atom is -0.490 e. The number of amides is 1. The van der Waals surface area contributed by atoms with E-state index in [1.54, 1.807) is 38.1 Å². The van der Waals surface area contributed by atoms with Crippen molar-refractivity contribution >= 4 is 17.7 Å². The molecule has 182 valence electrons. The maximum Gasteiger partial charge on any atom is 0.419 e. The number of aliphatic carboxylic acids is 1. The number of carboxylic acid groups (broad SMARTS) is 1. The lowest BCUT2D eigenvalue weighted by Gasteiger charge is -2.33. The molecule has 0 atom stereocenters. The molecule has 1 aliphatic rings. The summed E-state index contributed by atoms with van der Waals surface area (Å²) in [6.45, 7) is 3.74. The van der Waals surface area contributed by atoms with Crippen molar-refractivity contribution in [2.24, 2.45) is 5.92 Å². The monoisotopic (exact) mass is 477 g/mol. The highest BCUT2D eigenvalue weighted by Gasteiger charge is 2.36. The zero-order chi connectivity index (χ0) is 25.0. The fourth-order valence-electron chi connectivity index (χ4n) is 3.54. The third-order valence-electron chi connectivity index (χ3n) is 5.47. The molecule has 34 heavy (non-hydrogen) atoms. The highest BCUT2D eigenvalue weighted by Crippen LogP contribution is 2.37. The molecule has 1 amide bonds. The molecular formula is C24H26F3N3O4. The lowest BCUT2D eigenvalue weighted by atomic mass is 9.80. The third kappa shape index (κ3) is 6.34. The Kier molecular flexibility index (Phi) is 7.61. The number of amidine groups is 1. The van der Waals surface area contributed by atoms with Gasteiger partial charge in [-0.3, -0.25) is 15.0 Å². The summed E-state index contributed by atoms with van der Waals surface area (Å²) in [5.74, 6) is -2.52. The number of hydrogen-bond donors (Lipinski definition) is 4. The maximum atomic E-state index is 13.4. The molecule has 0 aliphatic heterocycles. The van der Waals surface area contributed by atoms with Crippen molar-refractivity contribution in [2.75, 3.05) is 0 Å². The van der Waals surface area contributed by atoms with Gasteiger partial charge in [0.15, 0.2) is 0 Å². The summed E-state index contributed by atoms with van der Waals surface area (Å²) in [5, 5.41) is 22.6. The van der Waals surface area contributed by atoms with Crippen LogP contribution in [0.3, 0.4) is 0 Å². The smallest absolute Gasteiger partial charge is 0.419 e. The standard InChI is InChI=1S/C24H26F3N3O4/c1-13(2)34-20-8-7-16(11-19(20)24(25,26)27)22(31)30-21(28)15-5-3-14(4-6-15)12-29-18-9-17(10-18)23(32)33/h3-8,11,13,17-18,29H,9-10,12H2,1-2H3,(H,32,33)(H2,28,30,31). The van der Waals surface area contributed by atoms with Crippen LogP contribution < -0.4 is 15.4 Å². The Bertz CT molecular complexity index is 1060. The summed E-state index contributed by atoms with van der Waals surface area (Å²) in [6, 6.07) is 9.96. The predicted molar refractivity (Wildman–Crippen MR) is 119 cm³/mol. The van der Waals surface area contributed by atoms with Gasteiger partial charge in [-0.2, -0.15) is 13.2 Å². The van der Waals surface area contributed by atoms with E-state index in [-0.39, 0.29) is 29.1 Å². The van der Waals surface area contributed by atoms with Gasteiger partial charge in [-0.15, -0.1) is 0 Å². The van der Waals surface area contributed by atoms with Crippen LogP contribution in [0.5, 0.6) is 5.75 Å². The quantitative estimate of drug-likeness (QED) is 0.336. The topological polar surface area (TPSA) is 112 Å². The molecule has 1 aliphatic carbocycles. The van der Waals surface area contributed by atoms with Crippen molar-refractivity contribution in [2.45, 2.75) is 51.6 Å². The summed E-state index contributed by atoms with van der Waals surface area (Å²) < 4.78 is 45.5. The molecule has 4 N–H and O–H groups in total. The number of hydrogen-bond acceptors (Lipinski definition) is 5. The molecule has 7 nitrogen and oxygen atoms in total. The van der Waals surface area contributed by atoms with Crippen LogP contribution in [0.25, 0.3) is 0 Å².